The molecule has 2 fully saturated rings. The Bertz CT molecular complexity index is 667. The van der Waals surface area contributed by atoms with Gasteiger partial charge in [-0.2, -0.15) is 0 Å². The highest BCUT2D eigenvalue weighted by Gasteiger charge is 2.42. The smallest absolute Gasteiger partial charge is 0.228 e. The summed E-state index contributed by atoms with van der Waals surface area (Å²) in [5.74, 6) is 0.997. The topological polar surface area (TPSA) is 59.1 Å². The lowest BCUT2D eigenvalue weighted by molar-refractivity contribution is -0.138. The highest BCUT2D eigenvalue weighted by molar-refractivity contribution is 6.00. The molecular weight excluding hydrogens is 320 g/mol. The van der Waals surface area contributed by atoms with Gasteiger partial charge in [0, 0.05) is 36.8 Å². The highest BCUT2D eigenvalue weighted by Crippen LogP contribution is 2.36. The average Bonchev–Trinajstić information content (AvgIpc) is 3.34. The van der Waals surface area contributed by atoms with Crippen molar-refractivity contribution in [1.29, 1.82) is 0 Å². The fourth-order valence-corrected chi connectivity index (χ4v) is 3.53. The van der Waals surface area contributed by atoms with Crippen molar-refractivity contribution in [3.63, 3.8) is 0 Å². The van der Waals surface area contributed by atoms with Crippen molar-refractivity contribution in [3.05, 3.63) is 18.2 Å². The number of nitrogens with zero attached hydrogens (tertiary/aromatic N) is 2. The Hall–Kier alpha value is -2.24. The fourth-order valence-electron chi connectivity index (χ4n) is 3.53. The number of carbonyl (C=O) groups excluding carboxylic acids is 2. The number of hydrogen-bond donors (Lipinski definition) is 0. The maximum absolute atomic E-state index is 12.9. The molecule has 1 unspecified atom stereocenters. The lowest BCUT2D eigenvalue weighted by Crippen LogP contribution is -2.43. The summed E-state index contributed by atoms with van der Waals surface area (Å²) in [5.41, 5.74) is 0.737. The minimum Gasteiger partial charge on any atom is -0.493 e. The zero-order chi connectivity index (χ0) is 18.1. The molecule has 2 aliphatic rings. The normalized spacial score (nSPS) is 20.1. The summed E-state index contributed by atoms with van der Waals surface area (Å²) < 4.78 is 10.6. The number of hydrogen-bond acceptors (Lipinski definition) is 4. The second-order valence-corrected chi connectivity index (χ2v) is 7.02. The van der Waals surface area contributed by atoms with Crippen LogP contribution in [0.1, 0.15) is 33.1 Å². The van der Waals surface area contributed by atoms with Gasteiger partial charge in [0.15, 0.2) is 11.5 Å². The number of methoxy groups -OCH3 is 2. The second-order valence-electron chi connectivity index (χ2n) is 7.02. The molecule has 0 N–H and O–H groups in total. The molecule has 0 bridgehead atoms. The SMILES string of the molecule is COc1ccc(N2CC(C(=O)N(C(C)C)C3CC3)CC2=O)cc1OC. The third-order valence-corrected chi connectivity index (χ3v) is 4.90. The minimum atomic E-state index is -0.274. The van der Waals surface area contributed by atoms with E-state index in [9.17, 15) is 9.59 Å². The molecule has 25 heavy (non-hydrogen) atoms. The highest BCUT2D eigenvalue weighted by atomic mass is 16.5. The van der Waals surface area contributed by atoms with Crippen molar-refractivity contribution in [2.75, 3.05) is 25.7 Å². The van der Waals surface area contributed by atoms with Gasteiger partial charge >= 0.3 is 0 Å². The quantitative estimate of drug-likeness (QED) is 0.794. The molecule has 1 aromatic carbocycles. The maximum Gasteiger partial charge on any atom is 0.228 e. The van der Waals surface area contributed by atoms with Gasteiger partial charge < -0.3 is 19.3 Å². The maximum atomic E-state index is 12.9. The summed E-state index contributed by atoms with van der Waals surface area (Å²) in [6.07, 6.45) is 2.41. The van der Waals surface area contributed by atoms with Crippen LogP contribution < -0.4 is 14.4 Å². The van der Waals surface area contributed by atoms with Crippen molar-refractivity contribution in [2.24, 2.45) is 5.92 Å². The zero-order valence-electron chi connectivity index (χ0n) is 15.3. The molecule has 1 saturated heterocycles. The van der Waals surface area contributed by atoms with E-state index in [1.807, 2.05) is 24.8 Å². The van der Waals surface area contributed by atoms with Gasteiger partial charge in [-0.1, -0.05) is 0 Å². The number of anilines is 1. The molecule has 0 spiro atoms. The molecule has 3 rings (SSSR count). The van der Waals surface area contributed by atoms with Crippen LogP contribution in [0.2, 0.25) is 0 Å². The van der Waals surface area contributed by atoms with E-state index in [4.69, 9.17) is 9.47 Å². The van der Waals surface area contributed by atoms with Gasteiger partial charge in [-0.3, -0.25) is 9.59 Å². The van der Waals surface area contributed by atoms with Crippen molar-refractivity contribution < 1.29 is 19.1 Å². The summed E-state index contributed by atoms with van der Waals surface area (Å²) in [7, 11) is 3.14. The lowest BCUT2D eigenvalue weighted by Gasteiger charge is -2.29. The molecule has 1 aliphatic carbocycles. The van der Waals surface area contributed by atoms with E-state index in [0.29, 0.717) is 24.1 Å². The standard InChI is InChI=1S/C19H26N2O4/c1-12(2)21(14-5-6-14)19(23)13-9-18(22)20(11-13)15-7-8-16(24-3)17(10-15)25-4/h7-8,10,12-14H,5-6,9,11H2,1-4H3. The van der Waals surface area contributed by atoms with Gasteiger partial charge in [0.1, 0.15) is 0 Å². The van der Waals surface area contributed by atoms with E-state index in [0.717, 1.165) is 18.5 Å². The van der Waals surface area contributed by atoms with Crippen LogP contribution >= 0.6 is 0 Å². The van der Waals surface area contributed by atoms with Gasteiger partial charge in [-0.25, -0.2) is 0 Å². The Morgan fingerprint density at radius 2 is 1.88 bits per heavy atom. The molecule has 6 heteroatoms. The van der Waals surface area contributed by atoms with Crippen LogP contribution in [0.4, 0.5) is 5.69 Å². The fraction of sp³-hybridized carbons (Fsp3) is 0.579. The summed E-state index contributed by atoms with van der Waals surface area (Å²) in [4.78, 5) is 29.1. The van der Waals surface area contributed by atoms with Gasteiger partial charge in [-0.05, 0) is 38.8 Å². The van der Waals surface area contributed by atoms with Crippen LogP contribution in [0.3, 0.4) is 0 Å². The summed E-state index contributed by atoms with van der Waals surface area (Å²) >= 11 is 0. The monoisotopic (exact) mass is 346 g/mol. The third kappa shape index (κ3) is 3.43. The molecule has 1 aliphatic heterocycles. The third-order valence-electron chi connectivity index (χ3n) is 4.90. The molecule has 1 saturated carbocycles. The first-order chi connectivity index (χ1) is 12.0. The van der Waals surface area contributed by atoms with Gasteiger partial charge in [0.25, 0.3) is 0 Å². The zero-order valence-corrected chi connectivity index (χ0v) is 15.3. The number of rotatable bonds is 6. The predicted molar refractivity (Wildman–Crippen MR) is 95.0 cm³/mol. The predicted octanol–water partition coefficient (Wildman–Crippen LogP) is 2.46. The number of carbonyl (C=O) groups is 2. The largest absolute Gasteiger partial charge is 0.493 e. The molecule has 0 radical (unpaired) electrons. The van der Waals surface area contributed by atoms with Gasteiger partial charge in [-0.15, -0.1) is 0 Å². The van der Waals surface area contributed by atoms with Crippen molar-refractivity contribution in [1.82, 2.24) is 4.90 Å². The Morgan fingerprint density at radius 3 is 2.44 bits per heavy atom. The van der Waals surface area contributed by atoms with Crippen LogP contribution in [0.15, 0.2) is 18.2 Å². The van der Waals surface area contributed by atoms with E-state index < -0.39 is 0 Å². The van der Waals surface area contributed by atoms with Crippen molar-refractivity contribution in [3.8, 4) is 11.5 Å². The average molecular weight is 346 g/mol. The first kappa shape index (κ1) is 17.6. The molecule has 6 nitrogen and oxygen atoms in total. The summed E-state index contributed by atoms with van der Waals surface area (Å²) in [6, 6.07) is 5.92. The van der Waals surface area contributed by atoms with Crippen molar-refractivity contribution >= 4 is 17.5 Å². The second kappa shape index (κ2) is 6.94. The summed E-state index contributed by atoms with van der Waals surface area (Å²) in [6.45, 7) is 4.50. The van der Waals surface area contributed by atoms with E-state index in [2.05, 4.69) is 0 Å². The molecule has 1 atom stereocenters. The van der Waals surface area contributed by atoms with E-state index >= 15 is 0 Å². The van der Waals surface area contributed by atoms with Crippen molar-refractivity contribution in [2.45, 2.75) is 45.2 Å². The Kier molecular flexibility index (Phi) is 4.88. The molecular formula is C19H26N2O4. The first-order valence-electron chi connectivity index (χ1n) is 8.80. The molecule has 0 aromatic heterocycles. The Labute approximate surface area is 148 Å². The van der Waals surface area contributed by atoms with Crippen LogP contribution in [-0.2, 0) is 9.59 Å². The first-order valence-corrected chi connectivity index (χ1v) is 8.80. The Morgan fingerprint density at radius 1 is 1.20 bits per heavy atom. The van der Waals surface area contributed by atoms with Gasteiger partial charge in [0.2, 0.25) is 11.8 Å². The van der Waals surface area contributed by atoms with Crippen LogP contribution in [0.25, 0.3) is 0 Å². The van der Waals surface area contributed by atoms with Crippen LogP contribution in [0, 0.1) is 5.92 Å². The number of benzene rings is 1. The number of amides is 2. The summed E-state index contributed by atoms with van der Waals surface area (Å²) in [5, 5.41) is 0. The molecule has 1 aromatic rings. The molecule has 1 heterocycles. The number of ether oxygens (including phenoxy) is 2. The Balaban J connectivity index is 1.77. The molecule has 136 valence electrons. The van der Waals surface area contributed by atoms with E-state index in [1.54, 1.807) is 31.3 Å². The van der Waals surface area contributed by atoms with E-state index in [-0.39, 0.29) is 30.2 Å². The minimum absolute atomic E-state index is 0.0231. The molecule has 2 amide bonds. The van der Waals surface area contributed by atoms with Crippen LogP contribution in [-0.4, -0.2) is 49.6 Å². The van der Waals surface area contributed by atoms with Gasteiger partial charge in [0.05, 0.1) is 20.1 Å². The lowest BCUT2D eigenvalue weighted by atomic mass is 10.1. The van der Waals surface area contributed by atoms with Crippen LogP contribution in [0.5, 0.6) is 11.5 Å². The van der Waals surface area contributed by atoms with E-state index in [1.165, 1.54) is 0 Å².